The van der Waals surface area contributed by atoms with Crippen LogP contribution in [0.2, 0.25) is 5.02 Å². The third-order valence-electron chi connectivity index (χ3n) is 5.87. The molecule has 144 valence electrons. The molecule has 1 aromatic carbocycles. The fraction of sp³-hybridized carbons (Fsp3) is 0.667. The summed E-state index contributed by atoms with van der Waals surface area (Å²) in [7, 11) is 0. The molecule has 0 radical (unpaired) electrons. The van der Waals surface area contributed by atoms with Crippen LogP contribution in [0.25, 0.3) is 0 Å². The Hall–Kier alpha value is -1.10. The molecule has 1 unspecified atom stereocenters. The summed E-state index contributed by atoms with van der Waals surface area (Å²) in [6.07, 6.45) is 9.10. The summed E-state index contributed by atoms with van der Waals surface area (Å²) in [6, 6.07) is 7.64. The summed E-state index contributed by atoms with van der Waals surface area (Å²) >= 11 is 6.00. The molecular formula is C21H31ClN2O2. The van der Waals surface area contributed by atoms with E-state index in [9.17, 15) is 9.90 Å². The van der Waals surface area contributed by atoms with Gasteiger partial charge in [0.25, 0.3) is 5.91 Å². The summed E-state index contributed by atoms with van der Waals surface area (Å²) in [5.74, 6) is 0.658. The van der Waals surface area contributed by atoms with Crippen molar-refractivity contribution < 1.29 is 9.90 Å². The van der Waals surface area contributed by atoms with Crippen molar-refractivity contribution in [3.05, 3.63) is 34.9 Å². The number of nitrogens with one attached hydrogen (secondary N) is 1. The molecule has 1 saturated carbocycles. The van der Waals surface area contributed by atoms with E-state index >= 15 is 0 Å². The van der Waals surface area contributed by atoms with Crippen molar-refractivity contribution in [2.75, 3.05) is 19.6 Å². The smallest absolute Gasteiger partial charge is 0.255 e. The first kappa shape index (κ1) is 19.7. The highest BCUT2D eigenvalue weighted by Crippen LogP contribution is 2.28. The van der Waals surface area contributed by atoms with E-state index in [1.807, 2.05) is 29.2 Å². The fourth-order valence-corrected chi connectivity index (χ4v) is 4.53. The van der Waals surface area contributed by atoms with Crippen LogP contribution in [0.4, 0.5) is 0 Å². The van der Waals surface area contributed by atoms with Crippen molar-refractivity contribution in [2.24, 2.45) is 5.92 Å². The number of carbonyl (C=O) groups excluding carboxylic acids is 1. The van der Waals surface area contributed by atoms with Gasteiger partial charge in [-0.2, -0.15) is 0 Å². The third-order valence-corrected chi connectivity index (χ3v) is 6.11. The molecule has 3 rings (SSSR count). The zero-order valence-electron chi connectivity index (χ0n) is 15.6. The Morgan fingerprint density at radius 1 is 1.23 bits per heavy atom. The predicted octanol–water partition coefficient (Wildman–Crippen LogP) is 3.75. The largest absolute Gasteiger partial charge is 0.379 e. The van der Waals surface area contributed by atoms with Crippen LogP contribution in [0.3, 0.4) is 0 Å². The zero-order valence-corrected chi connectivity index (χ0v) is 16.3. The first-order valence-corrected chi connectivity index (χ1v) is 10.4. The lowest BCUT2D eigenvalue weighted by atomic mass is 9.86. The van der Waals surface area contributed by atoms with Crippen molar-refractivity contribution >= 4 is 17.5 Å². The molecule has 0 bridgehead atoms. The van der Waals surface area contributed by atoms with Gasteiger partial charge in [-0.25, -0.2) is 0 Å². The van der Waals surface area contributed by atoms with Gasteiger partial charge in [0, 0.05) is 31.2 Å². The molecule has 5 heteroatoms. The van der Waals surface area contributed by atoms with E-state index in [1.54, 1.807) is 0 Å². The maximum Gasteiger partial charge on any atom is 0.255 e. The van der Waals surface area contributed by atoms with Crippen LogP contribution in [-0.2, 0) is 11.3 Å². The number of likely N-dealkylation sites (tertiary alicyclic amines) is 1. The molecule has 1 aliphatic carbocycles. The number of rotatable bonds is 7. The Kier molecular flexibility index (Phi) is 6.96. The van der Waals surface area contributed by atoms with E-state index in [-0.39, 0.29) is 12.5 Å². The van der Waals surface area contributed by atoms with Gasteiger partial charge in [-0.3, -0.25) is 4.79 Å². The summed E-state index contributed by atoms with van der Waals surface area (Å²) in [6.45, 7) is 2.46. The first-order chi connectivity index (χ1) is 12.6. The second-order valence-electron chi connectivity index (χ2n) is 7.95. The van der Waals surface area contributed by atoms with Crippen LogP contribution in [0, 0.1) is 5.92 Å². The minimum absolute atomic E-state index is 0.0989. The van der Waals surface area contributed by atoms with Crippen LogP contribution in [0.5, 0.6) is 0 Å². The lowest BCUT2D eigenvalue weighted by molar-refractivity contribution is -0.156. The van der Waals surface area contributed by atoms with Gasteiger partial charge in [-0.15, -0.1) is 0 Å². The van der Waals surface area contributed by atoms with E-state index < -0.39 is 5.60 Å². The Bertz CT molecular complexity index is 603. The highest BCUT2D eigenvalue weighted by Gasteiger charge is 2.41. The van der Waals surface area contributed by atoms with Gasteiger partial charge >= 0.3 is 0 Å². The number of aliphatic hydroxyl groups is 1. The van der Waals surface area contributed by atoms with Gasteiger partial charge < -0.3 is 15.3 Å². The standard InChI is InChI=1S/C21H31ClN2O2/c22-19-9-4-8-18(14-19)15-23-16-21(26)11-5-12-24(20(21)25)13-10-17-6-2-1-3-7-17/h4,8-9,14,17,23,26H,1-3,5-7,10-13,15-16H2. The summed E-state index contributed by atoms with van der Waals surface area (Å²) in [4.78, 5) is 14.7. The monoisotopic (exact) mass is 378 g/mol. The van der Waals surface area contributed by atoms with E-state index in [1.165, 1.54) is 32.1 Å². The summed E-state index contributed by atoms with van der Waals surface area (Å²) in [5, 5.41) is 14.8. The Morgan fingerprint density at radius 2 is 2.04 bits per heavy atom. The minimum atomic E-state index is -1.27. The number of carbonyl (C=O) groups is 1. The molecule has 26 heavy (non-hydrogen) atoms. The SMILES string of the molecule is O=C1N(CCC2CCCCC2)CCCC1(O)CNCc1cccc(Cl)c1. The van der Waals surface area contributed by atoms with Crippen molar-refractivity contribution in [1.29, 1.82) is 0 Å². The first-order valence-electron chi connectivity index (χ1n) is 10.0. The second kappa shape index (κ2) is 9.20. The molecule has 4 nitrogen and oxygen atoms in total. The highest BCUT2D eigenvalue weighted by atomic mass is 35.5. The Morgan fingerprint density at radius 3 is 2.81 bits per heavy atom. The van der Waals surface area contributed by atoms with Crippen molar-refractivity contribution in [1.82, 2.24) is 10.2 Å². The molecular weight excluding hydrogens is 348 g/mol. The lowest BCUT2D eigenvalue weighted by Crippen LogP contribution is -2.58. The number of hydrogen-bond acceptors (Lipinski definition) is 3. The molecule has 0 spiro atoms. The van der Waals surface area contributed by atoms with Crippen LogP contribution in [0.15, 0.2) is 24.3 Å². The number of benzene rings is 1. The van der Waals surface area contributed by atoms with Crippen LogP contribution in [-0.4, -0.2) is 41.1 Å². The topological polar surface area (TPSA) is 52.6 Å². The van der Waals surface area contributed by atoms with Gasteiger partial charge in [0.2, 0.25) is 0 Å². The summed E-state index contributed by atoms with van der Waals surface area (Å²) in [5.41, 5.74) is -0.220. The van der Waals surface area contributed by atoms with Crippen molar-refractivity contribution in [3.8, 4) is 0 Å². The van der Waals surface area contributed by atoms with Gasteiger partial charge in [0.1, 0.15) is 0 Å². The normalized spacial score (nSPS) is 24.8. The molecule has 2 N–H and O–H groups in total. The van der Waals surface area contributed by atoms with Gasteiger partial charge in [-0.05, 0) is 42.9 Å². The fourth-order valence-electron chi connectivity index (χ4n) is 4.32. The van der Waals surface area contributed by atoms with Gasteiger partial charge in [0.05, 0.1) is 0 Å². The molecule has 1 saturated heterocycles. The molecule has 0 aromatic heterocycles. The van der Waals surface area contributed by atoms with Crippen molar-refractivity contribution in [3.63, 3.8) is 0 Å². The molecule has 2 aliphatic rings. The molecule has 1 amide bonds. The number of amides is 1. The van der Waals surface area contributed by atoms with Gasteiger partial charge in [0.15, 0.2) is 5.60 Å². The Labute approximate surface area is 161 Å². The third kappa shape index (κ3) is 5.21. The number of nitrogens with zero attached hydrogens (tertiary/aromatic N) is 1. The number of hydrogen-bond donors (Lipinski definition) is 2. The highest BCUT2D eigenvalue weighted by molar-refractivity contribution is 6.30. The molecule has 1 atom stereocenters. The van der Waals surface area contributed by atoms with Crippen LogP contribution >= 0.6 is 11.6 Å². The maximum atomic E-state index is 12.8. The molecule has 1 aliphatic heterocycles. The molecule has 1 aromatic rings. The Balaban J connectivity index is 1.48. The zero-order chi connectivity index (χ0) is 18.4. The van der Waals surface area contributed by atoms with Crippen molar-refractivity contribution in [2.45, 2.75) is 63.5 Å². The van der Waals surface area contributed by atoms with E-state index in [0.29, 0.717) is 18.0 Å². The van der Waals surface area contributed by atoms with E-state index in [2.05, 4.69) is 5.32 Å². The quantitative estimate of drug-likeness (QED) is 0.759. The number of piperidine rings is 1. The van der Waals surface area contributed by atoms with Crippen LogP contribution in [0.1, 0.15) is 56.9 Å². The van der Waals surface area contributed by atoms with Crippen LogP contribution < -0.4 is 5.32 Å². The van der Waals surface area contributed by atoms with E-state index in [4.69, 9.17) is 11.6 Å². The lowest BCUT2D eigenvalue weighted by Gasteiger charge is -2.39. The second-order valence-corrected chi connectivity index (χ2v) is 8.39. The predicted molar refractivity (Wildman–Crippen MR) is 105 cm³/mol. The van der Waals surface area contributed by atoms with Gasteiger partial charge in [-0.1, -0.05) is 55.8 Å². The summed E-state index contributed by atoms with van der Waals surface area (Å²) < 4.78 is 0. The van der Waals surface area contributed by atoms with E-state index in [0.717, 1.165) is 37.4 Å². The minimum Gasteiger partial charge on any atom is -0.379 e. The average molecular weight is 379 g/mol. The molecule has 2 fully saturated rings. The average Bonchev–Trinajstić information content (AvgIpc) is 2.64. The number of halogens is 1. The maximum absolute atomic E-state index is 12.8. The molecule has 1 heterocycles.